The van der Waals surface area contributed by atoms with Crippen molar-refractivity contribution in [2.75, 3.05) is 19.4 Å². The number of carbonyl (C=O) groups excluding carboxylic acids is 3. The summed E-state index contributed by atoms with van der Waals surface area (Å²) in [5.74, 6) is -0.0803. The summed E-state index contributed by atoms with van der Waals surface area (Å²) < 4.78 is 4.37. The Morgan fingerprint density at radius 1 is 1.35 bits per heavy atom. The van der Waals surface area contributed by atoms with E-state index in [1.165, 1.54) is 7.11 Å². The minimum atomic E-state index is -0.536. The predicted molar refractivity (Wildman–Crippen MR) is 66.6 cm³/mol. The largest absolute Gasteiger partial charge is 0.469 e. The molecule has 5 nitrogen and oxygen atoms in total. The summed E-state index contributed by atoms with van der Waals surface area (Å²) in [6.45, 7) is 4.23. The zero-order chi connectivity index (χ0) is 13.3. The average molecular weight is 261 g/mol. The third-order valence-electron chi connectivity index (χ3n) is 2.24. The number of rotatable bonds is 7. The van der Waals surface area contributed by atoms with Crippen LogP contribution in [-0.2, 0) is 19.1 Å². The molecular weight excluding hydrogens is 242 g/mol. The van der Waals surface area contributed by atoms with Crippen LogP contribution in [0.15, 0.2) is 0 Å². The molecule has 0 radical (unpaired) electrons. The van der Waals surface area contributed by atoms with Crippen LogP contribution >= 0.6 is 11.8 Å². The van der Waals surface area contributed by atoms with Crippen LogP contribution in [0.1, 0.15) is 26.7 Å². The highest BCUT2D eigenvalue weighted by atomic mass is 32.2. The number of hydrogen-bond acceptors (Lipinski definition) is 5. The monoisotopic (exact) mass is 261 g/mol. The highest BCUT2D eigenvalue weighted by molar-refractivity contribution is 8.13. The summed E-state index contributed by atoms with van der Waals surface area (Å²) in [6, 6.07) is 0. The predicted octanol–water partition coefficient (Wildman–Crippen LogP) is 0.972. The van der Waals surface area contributed by atoms with Gasteiger partial charge in [0.2, 0.25) is 5.91 Å². The molecule has 6 heteroatoms. The fourth-order valence-electron chi connectivity index (χ4n) is 0.940. The van der Waals surface area contributed by atoms with E-state index in [2.05, 4.69) is 10.1 Å². The van der Waals surface area contributed by atoms with E-state index >= 15 is 0 Å². The maximum absolute atomic E-state index is 11.4. The van der Waals surface area contributed by atoms with Crippen molar-refractivity contribution in [3.63, 3.8) is 0 Å². The molecule has 0 saturated heterocycles. The lowest BCUT2D eigenvalue weighted by Gasteiger charge is -2.09. The number of carbonyl (C=O) groups is 3. The van der Waals surface area contributed by atoms with E-state index in [4.69, 9.17) is 0 Å². The Balaban J connectivity index is 3.61. The van der Waals surface area contributed by atoms with Crippen molar-refractivity contribution in [2.45, 2.75) is 26.7 Å². The summed E-state index contributed by atoms with van der Waals surface area (Å²) in [5.41, 5.74) is 0. The second kappa shape index (κ2) is 9.04. The van der Waals surface area contributed by atoms with Gasteiger partial charge in [-0.05, 0) is 6.42 Å². The Bertz CT molecular complexity index is 281. The Hall–Kier alpha value is -1.04. The maximum Gasteiger partial charge on any atom is 0.313 e. The van der Waals surface area contributed by atoms with Crippen molar-refractivity contribution in [3.8, 4) is 0 Å². The van der Waals surface area contributed by atoms with Gasteiger partial charge >= 0.3 is 5.97 Å². The van der Waals surface area contributed by atoms with Gasteiger partial charge in [-0.25, -0.2) is 0 Å². The van der Waals surface area contributed by atoms with Crippen LogP contribution in [0.2, 0.25) is 0 Å². The highest BCUT2D eigenvalue weighted by Gasteiger charge is 2.11. The number of thioether (sulfide) groups is 1. The van der Waals surface area contributed by atoms with Crippen molar-refractivity contribution in [3.05, 3.63) is 0 Å². The van der Waals surface area contributed by atoms with Gasteiger partial charge < -0.3 is 10.1 Å². The van der Waals surface area contributed by atoms with Crippen molar-refractivity contribution < 1.29 is 19.1 Å². The second-order valence-corrected chi connectivity index (χ2v) is 4.73. The van der Waals surface area contributed by atoms with Gasteiger partial charge in [0.15, 0.2) is 5.12 Å². The van der Waals surface area contributed by atoms with E-state index in [0.717, 1.165) is 18.2 Å². The number of esters is 1. The summed E-state index contributed by atoms with van der Waals surface area (Å²) >= 11 is 1.03. The van der Waals surface area contributed by atoms with Crippen molar-refractivity contribution >= 4 is 28.8 Å². The van der Waals surface area contributed by atoms with Crippen LogP contribution in [0.5, 0.6) is 0 Å². The molecule has 0 aliphatic rings. The number of methoxy groups -OCH3 is 1. The summed E-state index contributed by atoms with van der Waals surface area (Å²) in [5, 5.41) is 2.49. The Labute approximate surface area is 106 Å². The molecule has 1 N–H and O–H groups in total. The number of ether oxygens (including phenoxy) is 1. The van der Waals surface area contributed by atoms with Gasteiger partial charge in [-0.1, -0.05) is 25.6 Å². The smallest absolute Gasteiger partial charge is 0.313 e. The first-order valence-electron chi connectivity index (χ1n) is 5.51. The maximum atomic E-state index is 11.4. The lowest BCUT2D eigenvalue weighted by molar-refractivity contribution is -0.142. The zero-order valence-corrected chi connectivity index (χ0v) is 11.3. The fourth-order valence-corrected chi connectivity index (χ4v) is 1.59. The van der Waals surface area contributed by atoms with Gasteiger partial charge in [-0.3, -0.25) is 14.4 Å². The molecule has 17 heavy (non-hydrogen) atoms. The molecule has 1 unspecified atom stereocenters. The third-order valence-corrected chi connectivity index (χ3v) is 3.12. The highest BCUT2D eigenvalue weighted by Crippen LogP contribution is 2.05. The molecule has 98 valence electrons. The first-order valence-corrected chi connectivity index (χ1v) is 6.50. The van der Waals surface area contributed by atoms with Gasteiger partial charge in [0.1, 0.15) is 6.42 Å². The lowest BCUT2D eigenvalue weighted by atomic mass is 10.1. The first-order chi connectivity index (χ1) is 8.01. The minimum absolute atomic E-state index is 0.00600. The molecular formula is C11H19NO4S. The van der Waals surface area contributed by atoms with E-state index < -0.39 is 5.97 Å². The Kier molecular flexibility index (Phi) is 8.49. The van der Waals surface area contributed by atoms with Gasteiger partial charge in [0, 0.05) is 18.2 Å². The fraction of sp³-hybridized carbons (Fsp3) is 0.727. The van der Waals surface area contributed by atoms with Crippen LogP contribution in [0.4, 0.5) is 0 Å². The normalized spacial score (nSPS) is 11.7. The molecule has 0 spiro atoms. The Morgan fingerprint density at radius 3 is 2.53 bits per heavy atom. The molecule has 0 saturated carbocycles. The SMILES string of the molecule is CCC(C)C(=O)NCCSC(=O)CC(=O)OC. The average Bonchev–Trinajstić information content (AvgIpc) is 2.32. The standard InChI is InChI=1S/C11H19NO4S/c1-4-8(2)11(15)12-5-6-17-10(14)7-9(13)16-3/h8H,4-7H2,1-3H3,(H,12,15). The van der Waals surface area contributed by atoms with E-state index in [1.807, 2.05) is 13.8 Å². The third kappa shape index (κ3) is 7.79. The molecule has 0 aromatic heterocycles. The summed E-state index contributed by atoms with van der Waals surface area (Å²) in [6.07, 6.45) is 0.570. The topological polar surface area (TPSA) is 72.5 Å². The quantitative estimate of drug-likeness (QED) is 0.420. The number of nitrogens with one attached hydrogen (secondary N) is 1. The molecule has 0 bridgehead atoms. The summed E-state index contributed by atoms with van der Waals surface area (Å²) in [7, 11) is 1.24. The molecule has 0 aromatic carbocycles. The van der Waals surface area contributed by atoms with Crippen LogP contribution < -0.4 is 5.32 Å². The molecule has 0 aromatic rings. The molecule has 0 aliphatic heterocycles. The van der Waals surface area contributed by atoms with E-state index in [9.17, 15) is 14.4 Å². The molecule has 0 fully saturated rings. The Morgan fingerprint density at radius 2 is 2.00 bits per heavy atom. The first kappa shape index (κ1) is 16.0. The molecule has 0 heterocycles. The van der Waals surface area contributed by atoms with Crippen molar-refractivity contribution in [2.24, 2.45) is 5.92 Å². The van der Waals surface area contributed by atoms with Crippen LogP contribution in [0.3, 0.4) is 0 Å². The zero-order valence-electron chi connectivity index (χ0n) is 10.4. The second-order valence-electron chi connectivity index (χ2n) is 3.57. The van der Waals surface area contributed by atoms with E-state index in [1.54, 1.807) is 0 Å². The minimum Gasteiger partial charge on any atom is -0.469 e. The molecule has 1 amide bonds. The van der Waals surface area contributed by atoms with Crippen molar-refractivity contribution in [1.82, 2.24) is 5.32 Å². The number of hydrogen-bond donors (Lipinski definition) is 1. The van der Waals surface area contributed by atoms with Crippen LogP contribution in [0.25, 0.3) is 0 Å². The molecule has 0 rings (SSSR count). The lowest BCUT2D eigenvalue weighted by Crippen LogP contribution is -2.30. The molecule has 0 aliphatic carbocycles. The van der Waals surface area contributed by atoms with E-state index in [0.29, 0.717) is 12.3 Å². The van der Waals surface area contributed by atoms with Gasteiger partial charge in [-0.2, -0.15) is 0 Å². The molecule has 1 atom stereocenters. The van der Waals surface area contributed by atoms with Gasteiger partial charge in [0.25, 0.3) is 0 Å². The van der Waals surface area contributed by atoms with Crippen molar-refractivity contribution in [1.29, 1.82) is 0 Å². The van der Waals surface area contributed by atoms with Gasteiger partial charge in [0.05, 0.1) is 7.11 Å². The summed E-state index contributed by atoms with van der Waals surface area (Å²) in [4.78, 5) is 33.3. The number of amides is 1. The van der Waals surface area contributed by atoms with Crippen LogP contribution in [0, 0.1) is 5.92 Å². The van der Waals surface area contributed by atoms with Gasteiger partial charge in [-0.15, -0.1) is 0 Å². The van der Waals surface area contributed by atoms with E-state index in [-0.39, 0.29) is 23.4 Å². The van der Waals surface area contributed by atoms with Crippen LogP contribution in [-0.4, -0.2) is 36.4 Å².